The standard InChI is InChI=1S/C13H19N3O3/c1-2-19-11-9-14-8-10(15-11)16-13(12(17)18)6-4-3-5-7-13/h8-9H,2-7H2,1H3,(H,15,16)(H,17,18). The van der Waals surface area contributed by atoms with Crippen molar-refractivity contribution in [2.75, 3.05) is 11.9 Å². The van der Waals surface area contributed by atoms with Crippen LogP contribution < -0.4 is 10.1 Å². The molecule has 0 bridgehead atoms. The molecule has 1 aliphatic carbocycles. The highest BCUT2D eigenvalue weighted by Gasteiger charge is 2.39. The Kier molecular flexibility index (Phi) is 4.19. The molecule has 1 aliphatic rings. The van der Waals surface area contributed by atoms with Crippen molar-refractivity contribution in [2.24, 2.45) is 0 Å². The van der Waals surface area contributed by atoms with Crippen LogP contribution in [0.1, 0.15) is 39.0 Å². The summed E-state index contributed by atoms with van der Waals surface area (Å²) in [5.74, 6) is 0.0370. The molecule has 0 atom stereocenters. The van der Waals surface area contributed by atoms with E-state index in [-0.39, 0.29) is 0 Å². The normalized spacial score (nSPS) is 17.7. The molecule has 0 aliphatic heterocycles. The monoisotopic (exact) mass is 265 g/mol. The van der Waals surface area contributed by atoms with Gasteiger partial charge in [0.25, 0.3) is 0 Å². The first kappa shape index (κ1) is 13.6. The lowest BCUT2D eigenvalue weighted by Crippen LogP contribution is -2.48. The third kappa shape index (κ3) is 3.13. The molecule has 104 valence electrons. The van der Waals surface area contributed by atoms with E-state index in [2.05, 4.69) is 15.3 Å². The smallest absolute Gasteiger partial charge is 0.329 e. The van der Waals surface area contributed by atoms with Crippen LogP contribution in [0.3, 0.4) is 0 Å². The number of hydrogen-bond donors (Lipinski definition) is 2. The zero-order valence-electron chi connectivity index (χ0n) is 11.1. The van der Waals surface area contributed by atoms with Crippen LogP contribution >= 0.6 is 0 Å². The largest absolute Gasteiger partial charge is 0.480 e. The van der Waals surface area contributed by atoms with Gasteiger partial charge in [0.2, 0.25) is 5.88 Å². The van der Waals surface area contributed by atoms with Crippen LogP contribution in [0.15, 0.2) is 12.4 Å². The molecule has 1 heterocycles. The number of aromatic nitrogens is 2. The van der Waals surface area contributed by atoms with E-state index in [1.807, 2.05) is 6.92 Å². The van der Waals surface area contributed by atoms with Gasteiger partial charge in [-0.1, -0.05) is 19.3 Å². The molecule has 0 aromatic carbocycles. The Balaban J connectivity index is 2.17. The molecule has 1 saturated carbocycles. The fraction of sp³-hybridized carbons (Fsp3) is 0.615. The van der Waals surface area contributed by atoms with Gasteiger partial charge in [-0.05, 0) is 19.8 Å². The van der Waals surface area contributed by atoms with E-state index >= 15 is 0 Å². The number of aliphatic carboxylic acids is 1. The van der Waals surface area contributed by atoms with Gasteiger partial charge in [0.05, 0.1) is 19.0 Å². The Morgan fingerprint density at radius 1 is 1.42 bits per heavy atom. The number of nitrogens with zero attached hydrogens (tertiary/aromatic N) is 2. The molecule has 0 radical (unpaired) electrons. The fourth-order valence-electron chi connectivity index (χ4n) is 2.42. The summed E-state index contributed by atoms with van der Waals surface area (Å²) in [5.41, 5.74) is -0.919. The van der Waals surface area contributed by atoms with Crippen molar-refractivity contribution in [3.05, 3.63) is 12.4 Å². The van der Waals surface area contributed by atoms with Crippen LogP contribution in [-0.2, 0) is 4.79 Å². The van der Waals surface area contributed by atoms with E-state index in [1.54, 1.807) is 0 Å². The minimum Gasteiger partial charge on any atom is -0.480 e. The Hall–Kier alpha value is -1.85. The first-order valence-electron chi connectivity index (χ1n) is 6.63. The van der Waals surface area contributed by atoms with Gasteiger partial charge in [-0.3, -0.25) is 4.98 Å². The third-order valence-corrected chi connectivity index (χ3v) is 3.39. The maximum absolute atomic E-state index is 11.5. The van der Waals surface area contributed by atoms with E-state index < -0.39 is 11.5 Å². The first-order chi connectivity index (χ1) is 9.16. The number of ether oxygens (including phenoxy) is 1. The Morgan fingerprint density at radius 3 is 2.79 bits per heavy atom. The second-order valence-electron chi connectivity index (χ2n) is 4.75. The van der Waals surface area contributed by atoms with Crippen molar-refractivity contribution in [2.45, 2.75) is 44.6 Å². The molecule has 2 N–H and O–H groups in total. The van der Waals surface area contributed by atoms with Crippen molar-refractivity contribution in [1.82, 2.24) is 9.97 Å². The lowest BCUT2D eigenvalue weighted by atomic mass is 9.81. The van der Waals surface area contributed by atoms with Crippen molar-refractivity contribution >= 4 is 11.8 Å². The molecule has 0 saturated heterocycles. The summed E-state index contributed by atoms with van der Waals surface area (Å²) in [4.78, 5) is 19.8. The molecule has 1 aromatic rings. The summed E-state index contributed by atoms with van der Waals surface area (Å²) in [6.45, 7) is 2.36. The zero-order chi connectivity index (χ0) is 13.7. The van der Waals surface area contributed by atoms with Crippen LogP contribution in [0, 0.1) is 0 Å². The van der Waals surface area contributed by atoms with Crippen molar-refractivity contribution in [1.29, 1.82) is 0 Å². The van der Waals surface area contributed by atoms with Gasteiger partial charge in [-0.15, -0.1) is 0 Å². The molecule has 0 unspecified atom stereocenters. The summed E-state index contributed by atoms with van der Waals surface area (Å²) in [7, 11) is 0. The van der Waals surface area contributed by atoms with E-state index in [1.165, 1.54) is 12.4 Å². The molecular weight excluding hydrogens is 246 g/mol. The summed E-state index contributed by atoms with van der Waals surface area (Å²) in [6, 6.07) is 0. The Labute approximate surface area is 112 Å². The van der Waals surface area contributed by atoms with E-state index in [0.717, 1.165) is 19.3 Å². The van der Waals surface area contributed by atoms with Crippen molar-refractivity contribution < 1.29 is 14.6 Å². The lowest BCUT2D eigenvalue weighted by Gasteiger charge is -2.34. The van der Waals surface area contributed by atoms with Crippen LogP contribution in [0.4, 0.5) is 5.82 Å². The summed E-state index contributed by atoms with van der Waals surface area (Å²) in [6.07, 6.45) is 7.19. The molecule has 2 rings (SSSR count). The highest BCUT2D eigenvalue weighted by molar-refractivity contribution is 5.82. The maximum Gasteiger partial charge on any atom is 0.329 e. The first-order valence-corrected chi connectivity index (χ1v) is 6.63. The van der Waals surface area contributed by atoms with Gasteiger partial charge in [0, 0.05) is 0 Å². The quantitative estimate of drug-likeness (QED) is 0.848. The predicted molar refractivity (Wildman–Crippen MR) is 70.3 cm³/mol. The van der Waals surface area contributed by atoms with Gasteiger partial charge < -0.3 is 15.2 Å². The van der Waals surface area contributed by atoms with Crippen molar-refractivity contribution in [3.8, 4) is 5.88 Å². The lowest BCUT2D eigenvalue weighted by molar-refractivity contribution is -0.143. The van der Waals surface area contributed by atoms with E-state index in [4.69, 9.17) is 4.74 Å². The van der Waals surface area contributed by atoms with Crippen LogP contribution in [0.2, 0.25) is 0 Å². The molecule has 19 heavy (non-hydrogen) atoms. The number of carbonyl (C=O) groups is 1. The number of rotatable bonds is 5. The minimum atomic E-state index is -0.919. The Bertz CT molecular complexity index is 445. The van der Waals surface area contributed by atoms with Gasteiger partial charge in [-0.2, -0.15) is 4.98 Å². The second-order valence-corrected chi connectivity index (χ2v) is 4.75. The molecule has 1 fully saturated rings. The van der Waals surface area contributed by atoms with Crippen molar-refractivity contribution in [3.63, 3.8) is 0 Å². The SMILES string of the molecule is CCOc1cncc(NC2(C(=O)O)CCCCC2)n1. The number of hydrogen-bond acceptors (Lipinski definition) is 5. The molecule has 6 nitrogen and oxygen atoms in total. The maximum atomic E-state index is 11.5. The Morgan fingerprint density at radius 2 is 2.16 bits per heavy atom. The molecule has 6 heteroatoms. The average molecular weight is 265 g/mol. The molecule has 1 aromatic heterocycles. The number of carboxylic acid groups (broad SMARTS) is 1. The summed E-state index contributed by atoms with van der Waals surface area (Å²) >= 11 is 0. The third-order valence-electron chi connectivity index (χ3n) is 3.39. The molecule has 0 spiro atoms. The van der Waals surface area contributed by atoms with Crippen LogP contribution in [-0.4, -0.2) is 33.2 Å². The zero-order valence-corrected chi connectivity index (χ0v) is 11.1. The molecular formula is C13H19N3O3. The van der Waals surface area contributed by atoms with Gasteiger partial charge in [0.15, 0.2) is 0 Å². The van der Waals surface area contributed by atoms with Crippen LogP contribution in [0.5, 0.6) is 5.88 Å². The van der Waals surface area contributed by atoms with Gasteiger partial charge >= 0.3 is 5.97 Å². The number of carboxylic acids is 1. The summed E-state index contributed by atoms with van der Waals surface area (Å²) < 4.78 is 5.27. The molecule has 0 amide bonds. The average Bonchev–Trinajstić information content (AvgIpc) is 2.40. The summed E-state index contributed by atoms with van der Waals surface area (Å²) in [5, 5.41) is 12.5. The fourth-order valence-corrected chi connectivity index (χ4v) is 2.42. The highest BCUT2D eigenvalue weighted by Crippen LogP contribution is 2.31. The van der Waals surface area contributed by atoms with E-state index in [9.17, 15) is 9.90 Å². The van der Waals surface area contributed by atoms with Gasteiger partial charge in [0.1, 0.15) is 11.4 Å². The minimum absolute atomic E-state index is 0.406. The highest BCUT2D eigenvalue weighted by atomic mass is 16.5. The van der Waals surface area contributed by atoms with Gasteiger partial charge in [-0.25, -0.2) is 4.79 Å². The topological polar surface area (TPSA) is 84.3 Å². The van der Waals surface area contributed by atoms with Crippen LogP contribution in [0.25, 0.3) is 0 Å². The van der Waals surface area contributed by atoms with E-state index in [0.29, 0.717) is 31.1 Å². The number of nitrogens with one attached hydrogen (secondary N) is 1. The number of anilines is 1. The predicted octanol–water partition coefficient (Wildman–Crippen LogP) is 2.07. The second kappa shape index (κ2) is 5.86.